The van der Waals surface area contributed by atoms with Crippen LogP contribution in [0.25, 0.3) is 0 Å². The highest BCUT2D eigenvalue weighted by molar-refractivity contribution is 6.17. The van der Waals surface area contributed by atoms with E-state index < -0.39 is 0 Å². The Hall–Kier alpha value is 0.130. The van der Waals surface area contributed by atoms with Gasteiger partial charge < -0.3 is 19.5 Å². The third kappa shape index (κ3) is 12.4. The van der Waals surface area contributed by atoms with Crippen LogP contribution in [-0.2, 0) is 14.2 Å². The minimum Gasteiger partial charge on any atom is -0.382 e. The average molecular weight is 268 g/mol. The molecule has 0 amide bonds. The first kappa shape index (κ1) is 17.1. The van der Waals surface area contributed by atoms with Crippen molar-refractivity contribution in [3.63, 3.8) is 0 Å². The van der Waals surface area contributed by atoms with Gasteiger partial charge in [0.25, 0.3) is 0 Å². The standard InChI is InChI=1S/C12H26ClNO3/c1-3-12(4-5-13)14-6-7-16-10-11-17-9-8-15-2/h12,14H,3-11H2,1-2H3. The number of ether oxygens (including phenoxy) is 3. The maximum atomic E-state index is 5.70. The van der Waals surface area contributed by atoms with E-state index in [1.807, 2.05) is 0 Å². The number of hydrogen-bond donors (Lipinski definition) is 1. The molecule has 1 atom stereocenters. The van der Waals surface area contributed by atoms with Gasteiger partial charge in [-0.1, -0.05) is 6.92 Å². The van der Waals surface area contributed by atoms with Crippen molar-refractivity contribution in [2.75, 3.05) is 52.6 Å². The third-order valence-electron chi connectivity index (χ3n) is 2.43. The van der Waals surface area contributed by atoms with E-state index in [1.165, 1.54) is 0 Å². The molecule has 0 heterocycles. The highest BCUT2D eigenvalue weighted by Crippen LogP contribution is 1.98. The summed E-state index contributed by atoms with van der Waals surface area (Å²) in [6.45, 7) is 6.28. The second kappa shape index (κ2) is 14.2. The van der Waals surface area contributed by atoms with Crippen LogP contribution in [0.1, 0.15) is 19.8 Å². The van der Waals surface area contributed by atoms with Crippen LogP contribution in [0, 0.1) is 0 Å². The molecule has 1 N–H and O–H groups in total. The van der Waals surface area contributed by atoms with Crippen molar-refractivity contribution in [1.82, 2.24) is 5.32 Å². The van der Waals surface area contributed by atoms with Crippen molar-refractivity contribution < 1.29 is 14.2 Å². The lowest BCUT2D eigenvalue weighted by atomic mass is 10.2. The van der Waals surface area contributed by atoms with E-state index in [1.54, 1.807) is 7.11 Å². The molecule has 0 aliphatic carbocycles. The van der Waals surface area contributed by atoms with Gasteiger partial charge in [0, 0.05) is 25.6 Å². The van der Waals surface area contributed by atoms with E-state index in [4.69, 9.17) is 25.8 Å². The van der Waals surface area contributed by atoms with Crippen LogP contribution in [0.4, 0.5) is 0 Å². The number of hydrogen-bond acceptors (Lipinski definition) is 4. The molecule has 0 aliphatic rings. The maximum Gasteiger partial charge on any atom is 0.0701 e. The van der Waals surface area contributed by atoms with Gasteiger partial charge in [-0.05, 0) is 12.8 Å². The van der Waals surface area contributed by atoms with Gasteiger partial charge in [-0.25, -0.2) is 0 Å². The first-order chi connectivity index (χ1) is 8.35. The summed E-state index contributed by atoms with van der Waals surface area (Å²) in [7, 11) is 1.66. The van der Waals surface area contributed by atoms with Gasteiger partial charge in [0.05, 0.1) is 33.0 Å². The highest BCUT2D eigenvalue weighted by atomic mass is 35.5. The lowest BCUT2D eigenvalue weighted by Crippen LogP contribution is -2.32. The lowest BCUT2D eigenvalue weighted by Gasteiger charge is -2.15. The van der Waals surface area contributed by atoms with Gasteiger partial charge >= 0.3 is 0 Å². The average Bonchev–Trinajstić information content (AvgIpc) is 2.35. The van der Waals surface area contributed by atoms with Crippen LogP contribution in [0.3, 0.4) is 0 Å². The monoisotopic (exact) mass is 267 g/mol. The quantitative estimate of drug-likeness (QED) is 0.407. The SMILES string of the molecule is CCC(CCCl)NCCOCCOCCOC. The predicted molar refractivity (Wildman–Crippen MR) is 70.9 cm³/mol. The Bertz CT molecular complexity index is 150. The Morgan fingerprint density at radius 3 is 2.29 bits per heavy atom. The van der Waals surface area contributed by atoms with E-state index in [0.29, 0.717) is 45.0 Å². The van der Waals surface area contributed by atoms with Crippen molar-refractivity contribution in [2.24, 2.45) is 0 Å². The van der Waals surface area contributed by atoms with Gasteiger partial charge in [0.15, 0.2) is 0 Å². The summed E-state index contributed by atoms with van der Waals surface area (Å²) in [5, 5.41) is 3.41. The molecule has 5 heteroatoms. The van der Waals surface area contributed by atoms with Crippen LogP contribution in [-0.4, -0.2) is 58.6 Å². The summed E-state index contributed by atoms with van der Waals surface area (Å²) < 4.78 is 15.6. The fraction of sp³-hybridized carbons (Fsp3) is 1.00. The number of halogens is 1. The minimum absolute atomic E-state index is 0.508. The highest BCUT2D eigenvalue weighted by Gasteiger charge is 2.03. The first-order valence-electron chi connectivity index (χ1n) is 6.28. The molecule has 0 saturated carbocycles. The van der Waals surface area contributed by atoms with E-state index in [0.717, 1.165) is 19.4 Å². The molecular formula is C12H26ClNO3. The molecule has 104 valence electrons. The smallest absolute Gasteiger partial charge is 0.0701 e. The zero-order valence-electron chi connectivity index (χ0n) is 11.0. The van der Waals surface area contributed by atoms with Crippen LogP contribution >= 0.6 is 11.6 Å². The summed E-state index contributed by atoms with van der Waals surface area (Å²) in [5.41, 5.74) is 0. The molecule has 0 spiro atoms. The van der Waals surface area contributed by atoms with Crippen molar-refractivity contribution in [1.29, 1.82) is 0 Å². The van der Waals surface area contributed by atoms with Gasteiger partial charge in [0.1, 0.15) is 0 Å². The van der Waals surface area contributed by atoms with Gasteiger partial charge in [-0.2, -0.15) is 0 Å². The van der Waals surface area contributed by atoms with E-state index in [-0.39, 0.29) is 0 Å². The Morgan fingerprint density at radius 2 is 1.71 bits per heavy atom. The van der Waals surface area contributed by atoms with Crippen molar-refractivity contribution in [3.8, 4) is 0 Å². The molecular weight excluding hydrogens is 242 g/mol. The second-order valence-electron chi connectivity index (χ2n) is 3.75. The van der Waals surface area contributed by atoms with Crippen LogP contribution in [0.2, 0.25) is 0 Å². The summed E-state index contributed by atoms with van der Waals surface area (Å²) in [5.74, 6) is 0.708. The zero-order chi connectivity index (χ0) is 12.8. The summed E-state index contributed by atoms with van der Waals surface area (Å²) in [6, 6.07) is 0.508. The summed E-state index contributed by atoms with van der Waals surface area (Å²) >= 11 is 5.70. The molecule has 0 aromatic rings. The van der Waals surface area contributed by atoms with Crippen molar-refractivity contribution in [3.05, 3.63) is 0 Å². The van der Waals surface area contributed by atoms with Gasteiger partial charge in [-0.3, -0.25) is 0 Å². The largest absolute Gasteiger partial charge is 0.382 e. The molecule has 0 radical (unpaired) electrons. The molecule has 4 nitrogen and oxygen atoms in total. The molecule has 0 bridgehead atoms. The van der Waals surface area contributed by atoms with E-state index in [2.05, 4.69) is 12.2 Å². The molecule has 0 fully saturated rings. The normalized spacial score (nSPS) is 12.9. The minimum atomic E-state index is 0.508. The number of methoxy groups -OCH3 is 1. The first-order valence-corrected chi connectivity index (χ1v) is 6.82. The summed E-state index contributed by atoms with van der Waals surface area (Å²) in [4.78, 5) is 0. The number of rotatable bonds is 13. The molecule has 0 aromatic heterocycles. The Balaban J connectivity index is 3.11. The molecule has 1 unspecified atom stereocenters. The third-order valence-corrected chi connectivity index (χ3v) is 2.65. The van der Waals surface area contributed by atoms with Crippen LogP contribution in [0.15, 0.2) is 0 Å². The van der Waals surface area contributed by atoms with Crippen molar-refractivity contribution in [2.45, 2.75) is 25.8 Å². The predicted octanol–water partition coefficient (Wildman–Crippen LogP) is 1.66. The number of alkyl halides is 1. The fourth-order valence-electron chi connectivity index (χ4n) is 1.38. The lowest BCUT2D eigenvalue weighted by molar-refractivity contribution is 0.0252. The Labute approximate surface area is 110 Å². The topological polar surface area (TPSA) is 39.7 Å². The molecule has 0 rings (SSSR count). The van der Waals surface area contributed by atoms with Crippen LogP contribution < -0.4 is 5.32 Å². The fourth-order valence-corrected chi connectivity index (χ4v) is 1.65. The van der Waals surface area contributed by atoms with Crippen LogP contribution in [0.5, 0.6) is 0 Å². The summed E-state index contributed by atoms with van der Waals surface area (Å²) in [6.07, 6.45) is 2.12. The maximum absolute atomic E-state index is 5.70. The molecule has 0 aliphatic heterocycles. The molecule has 0 aromatic carbocycles. The van der Waals surface area contributed by atoms with E-state index in [9.17, 15) is 0 Å². The van der Waals surface area contributed by atoms with Crippen molar-refractivity contribution >= 4 is 11.6 Å². The zero-order valence-corrected chi connectivity index (χ0v) is 11.8. The van der Waals surface area contributed by atoms with Gasteiger partial charge in [-0.15, -0.1) is 11.6 Å². The Morgan fingerprint density at radius 1 is 1.06 bits per heavy atom. The van der Waals surface area contributed by atoms with E-state index >= 15 is 0 Å². The number of nitrogens with one attached hydrogen (secondary N) is 1. The Kier molecular flexibility index (Phi) is 14.3. The molecule has 0 saturated heterocycles. The van der Waals surface area contributed by atoms with Gasteiger partial charge in [0.2, 0.25) is 0 Å². The molecule has 17 heavy (non-hydrogen) atoms. The second-order valence-corrected chi connectivity index (χ2v) is 4.13.